The van der Waals surface area contributed by atoms with Crippen LogP contribution in [0.15, 0.2) is 30.3 Å². The number of benzene rings is 2. The summed E-state index contributed by atoms with van der Waals surface area (Å²) in [7, 11) is 4.59. The molecular formula is C26H34N4O4. The van der Waals surface area contributed by atoms with Gasteiger partial charge in [0.2, 0.25) is 5.75 Å². The molecule has 3 aromatic rings. The van der Waals surface area contributed by atoms with Gasteiger partial charge in [-0.15, -0.1) is 0 Å². The van der Waals surface area contributed by atoms with Gasteiger partial charge in [-0.25, -0.2) is 4.98 Å². The number of ether oxygens (including phenoxy) is 3. The van der Waals surface area contributed by atoms with Crippen LogP contribution >= 0.6 is 0 Å². The monoisotopic (exact) mass is 466 g/mol. The largest absolute Gasteiger partial charge is 0.493 e. The Kier molecular flexibility index (Phi) is 7.57. The van der Waals surface area contributed by atoms with Crippen molar-refractivity contribution >= 4 is 22.6 Å². The first kappa shape index (κ1) is 23.9. The fourth-order valence-electron chi connectivity index (χ4n) is 4.64. The molecule has 8 nitrogen and oxygen atoms in total. The van der Waals surface area contributed by atoms with E-state index in [1.807, 2.05) is 18.2 Å². The van der Waals surface area contributed by atoms with Gasteiger partial charge in [-0.3, -0.25) is 9.69 Å². The van der Waals surface area contributed by atoms with Crippen molar-refractivity contribution in [3.63, 3.8) is 0 Å². The predicted molar refractivity (Wildman–Crippen MR) is 133 cm³/mol. The first-order valence-electron chi connectivity index (χ1n) is 11.9. The molecule has 34 heavy (non-hydrogen) atoms. The van der Waals surface area contributed by atoms with Gasteiger partial charge in [-0.05, 0) is 63.2 Å². The molecule has 0 saturated carbocycles. The van der Waals surface area contributed by atoms with Gasteiger partial charge in [-0.1, -0.05) is 12.8 Å². The molecule has 0 bridgehead atoms. The van der Waals surface area contributed by atoms with E-state index in [0.29, 0.717) is 28.5 Å². The normalized spacial score (nSPS) is 14.6. The molecule has 1 aliphatic rings. The van der Waals surface area contributed by atoms with E-state index in [-0.39, 0.29) is 5.91 Å². The van der Waals surface area contributed by atoms with Crippen molar-refractivity contribution in [1.82, 2.24) is 14.5 Å². The number of aromatic nitrogens is 2. The third kappa shape index (κ3) is 4.97. The van der Waals surface area contributed by atoms with E-state index >= 15 is 0 Å². The first-order chi connectivity index (χ1) is 16.6. The molecule has 0 radical (unpaired) electrons. The summed E-state index contributed by atoms with van der Waals surface area (Å²) < 4.78 is 18.4. The average molecular weight is 467 g/mol. The van der Waals surface area contributed by atoms with Crippen molar-refractivity contribution in [3.8, 4) is 17.2 Å². The van der Waals surface area contributed by atoms with Gasteiger partial charge in [-0.2, -0.15) is 0 Å². The highest BCUT2D eigenvalue weighted by Crippen LogP contribution is 2.38. The van der Waals surface area contributed by atoms with Crippen LogP contribution in [0.2, 0.25) is 0 Å². The Hall–Kier alpha value is -3.26. The number of amides is 1. The number of nitrogens with one attached hydrogen (secondary N) is 1. The van der Waals surface area contributed by atoms with Crippen LogP contribution in [-0.4, -0.2) is 54.8 Å². The quantitative estimate of drug-likeness (QED) is 0.518. The summed E-state index contributed by atoms with van der Waals surface area (Å²) in [5.41, 5.74) is 3.07. The summed E-state index contributed by atoms with van der Waals surface area (Å²) >= 11 is 0. The Balaban J connectivity index is 1.57. The predicted octanol–water partition coefficient (Wildman–Crippen LogP) is 4.71. The van der Waals surface area contributed by atoms with Crippen molar-refractivity contribution in [2.24, 2.45) is 0 Å². The van der Waals surface area contributed by atoms with E-state index < -0.39 is 0 Å². The van der Waals surface area contributed by atoms with Gasteiger partial charge in [0.05, 0.1) is 38.9 Å². The molecule has 182 valence electrons. The van der Waals surface area contributed by atoms with Crippen LogP contribution < -0.4 is 19.5 Å². The molecule has 1 saturated heterocycles. The van der Waals surface area contributed by atoms with Crippen molar-refractivity contribution in [2.45, 2.75) is 45.7 Å². The second kappa shape index (κ2) is 10.8. The van der Waals surface area contributed by atoms with Gasteiger partial charge < -0.3 is 24.1 Å². The minimum Gasteiger partial charge on any atom is -0.493 e. The van der Waals surface area contributed by atoms with Crippen LogP contribution in [0.3, 0.4) is 0 Å². The Morgan fingerprint density at radius 2 is 1.65 bits per heavy atom. The number of methoxy groups -OCH3 is 3. The first-order valence-corrected chi connectivity index (χ1v) is 11.9. The summed E-state index contributed by atoms with van der Waals surface area (Å²) in [5.74, 6) is 2.13. The molecule has 1 aliphatic heterocycles. The standard InChI is InChI=1S/C26H34N4O4/c1-5-30-21-11-10-19(16-20(21)28-24(30)17-29-12-8-6-7-9-13-29)27-26(31)18-14-22(32-2)25(34-4)23(15-18)33-3/h10-11,14-16H,5-9,12-13,17H2,1-4H3,(H,27,31). The molecule has 0 aliphatic carbocycles. The number of carbonyl (C=O) groups is 1. The summed E-state index contributed by atoms with van der Waals surface area (Å²) in [6, 6.07) is 9.16. The van der Waals surface area contributed by atoms with E-state index in [1.165, 1.54) is 47.0 Å². The number of fused-ring (bicyclic) bond motifs is 1. The summed E-state index contributed by atoms with van der Waals surface area (Å²) in [6.45, 7) is 6.12. The average Bonchev–Trinajstić information content (AvgIpc) is 3.00. The molecule has 4 rings (SSSR count). The molecule has 2 aromatic carbocycles. The highest BCUT2D eigenvalue weighted by molar-refractivity contribution is 6.05. The zero-order valence-electron chi connectivity index (χ0n) is 20.5. The van der Waals surface area contributed by atoms with E-state index in [2.05, 4.69) is 21.7 Å². The number of carbonyl (C=O) groups excluding carboxylic acids is 1. The van der Waals surface area contributed by atoms with Crippen molar-refractivity contribution in [2.75, 3.05) is 39.7 Å². The fraction of sp³-hybridized carbons (Fsp3) is 0.462. The van der Waals surface area contributed by atoms with E-state index in [0.717, 1.165) is 43.0 Å². The molecule has 0 spiro atoms. The van der Waals surface area contributed by atoms with Crippen LogP contribution in [0.4, 0.5) is 5.69 Å². The lowest BCUT2D eigenvalue weighted by Gasteiger charge is -2.19. The fourth-order valence-corrected chi connectivity index (χ4v) is 4.64. The van der Waals surface area contributed by atoms with Crippen molar-refractivity contribution in [3.05, 3.63) is 41.7 Å². The van der Waals surface area contributed by atoms with Gasteiger partial charge in [0.15, 0.2) is 11.5 Å². The summed E-state index contributed by atoms with van der Waals surface area (Å²) in [5, 5.41) is 2.98. The molecule has 0 atom stereocenters. The topological polar surface area (TPSA) is 77.9 Å². The highest BCUT2D eigenvalue weighted by atomic mass is 16.5. The van der Waals surface area contributed by atoms with Gasteiger partial charge in [0.1, 0.15) is 5.82 Å². The molecule has 0 unspecified atom stereocenters. The number of aryl methyl sites for hydroxylation is 1. The van der Waals surface area contributed by atoms with Gasteiger partial charge in [0.25, 0.3) is 5.91 Å². The molecule has 1 amide bonds. The van der Waals surface area contributed by atoms with E-state index in [4.69, 9.17) is 19.2 Å². The molecule has 1 fully saturated rings. The smallest absolute Gasteiger partial charge is 0.255 e. The third-order valence-corrected chi connectivity index (χ3v) is 6.39. The lowest BCUT2D eigenvalue weighted by Crippen LogP contribution is -2.25. The second-order valence-corrected chi connectivity index (χ2v) is 8.53. The molecular weight excluding hydrogens is 432 g/mol. The van der Waals surface area contributed by atoms with Crippen LogP contribution in [0.5, 0.6) is 17.2 Å². The molecule has 1 N–H and O–H groups in total. The van der Waals surface area contributed by atoms with Crippen molar-refractivity contribution < 1.29 is 19.0 Å². The highest BCUT2D eigenvalue weighted by Gasteiger charge is 2.19. The summed E-state index contributed by atoms with van der Waals surface area (Å²) in [6.07, 6.45) is 5.14. The van der Waals surface area contributed by atoms with Crippen LogP contribution in [0.1, 0.15) is 48.8 Å². The zero-order valence-corrected chi connectivity index (χ0v) is 20.5. The molecule has 1 aromatic heterocycles. The van der Waals surface area contributed by atoms with Crippen LogP contribution in [0, 0.1) is 0 Å². The van der Waals surface area contributed by atoms with Crippen molar-refractivity contribution in [1.29, 1.82) is 0 Å². The Bertz CT molecular complexity index is 1120. The SMILES string of the molecule is CCn1c(CN2CCCCCC2)nc2cc(NC(=O)c3cc(OC)c(OC)c(OC)c3)ccc21. The lowest BCUT2D eigenvalue weighted by molar-refractivity contribution is 0.102. The minimum absolute atomic E-state index is 0.265. The minimum atomic E-state index is -0.265. The maximum atomic E-state index is 13.0. The van der Waals surface area contributed by atoms with Gasteiger partial charge in [0, 0.05) is 17.8 Å². The maximum Gasteiger partial charge on any atom is 0.255 e. The Morgan fingerprint density at radius 1 is 0.971 bits per heavy atom. The maximum absolute atomic E-state index is 13.0. The number of nitrogens with zero attached hydrogens (tertiary/aromatic N) is 3. The Morgan fingerprint density at radius 3 is 2.24 bits per heavy atom. The number of likely N-dealkylation sites (tertiary alicyclic amines) is 1. The third-order valence-electron chi connectivity index (χ3n) is 6.39. The number of rotatable bonds is 8. The molecule has 8 heteroatoms. The number of imidazole rings is 1. The van der Waals surface area contributed by atoms with E-state index in [9.17, 15) is 4.79 Å². The van der Waals surface area contributed by atoms with Crippen LogP contribution in [0.25, 0.3) is 11.0 Å². The number of hydrogen-bond acceptors (Lipinski definition) is 6. The van der Waals surface area contributed by atoms with Gasteiger partial charge >= 0.3 is 0 Å². The zero-order chi connectivity index (χ0) is 24.1. The second-order valence-electron chi connectivity index (χ2n) is 8.53. The molecule has 2 heterocycles. The number of hydrogen-bond donors (Lipinski definition) is 1. The Labute approximate surface area is 200 Å². The lowest BCUT2D eigenvalue weighted by atomic mass is 10.1. The van der Waals surface area contributed by atoms with E-state index in [1.54, 1.807) is 12.1 Å². The summed E-state index contributed by atoms with van der Waals surface area (Å²) in [4.78, 5) is 20.5. The number of anilines is 1. The van der Waals surface area contributed by atoms with Crippen LogP contribution in [-0.2, 0) is 13.1 Å².